The first-order valence-corrected chi connectivity index (χ1v) is 16.1. The number of amides is 1. The molecule has 0 radical (unpaired) electrons. The summed E-state index contributed by atoms with van der Waals surface area (Å²) in [4.78, 5) is 12.8. The molecule has 0 aliphatic carbocycles. The van der Waals surface area contributed by atoms with Crippen molar-refractivity contribution in [3.05, 3.63) is 125 Å². The fraction of sp³-hybridized carbons (Fsp3) is 0.0645. The van der Waals surface area contributed by atoms with Crippen molar-refractivity contribution >= 4 is 65.4 Å². The lowest BCUT2D eigenvalue weighted by molar-refractivity contribution is 0.102. The van der Waals surface area contributed by atoms with E-state index < -0.39 is 26.0 Å². The summed E-state index contributed by atoms with van der Waals surface area (Å²) >= 11 is 6.21. The maximum Gasteiger partial charge on any atom is 0.263 e. The second-order valence-electron chi connectivity index (χ2n) is 9.68. The Morgan fingerprint density at radius 1 is 0.690 bits per heavy atom. The van der Waals surface area contributed by atoms with Crippen molar-refractivity contribution in [1.82, 2.24) is 0 Å². The molecule has 0 saturated heterocycles. The molecule has 11 heteroatoms. The molecule has 8 nitrogen and oxygen atoms in total. The van der Waals surface area contributed by atoms with E-state index in [0.29, 0.717) is 17.1 Å². The van der Waals surface area contributed by atoms with E-state index in [1.165, 1.54) is 42.5 Å². The maximum absolute atomic E-state index is 13.1. The topological polar surface area (TPSA) is 121 Å². The monoisotopic (exact) mass is 619 g/mol. The predicted octanol–water partition coefficient (Wildman–Crippen LogP) is 6.96. The van der Waals surface area contributed by atoms with E-state index in [-0.39, 0.29) is 20.4 Å². The maximum atomic E-state index is 13.1. The number of rotatable bonds is 8. The van der Waals surface area contributed by atoms with Gasteiger partial charge in [0, 0.05) is 16.6 Å². The number of sulfonamides is 2. The van der Waals surface area contributed by atoms with E-state index >= 15 is 0 Å². The van der Waals surface area contributed by atoms with Crippen LogP contribution >= 0.6 is 11.6 Å². The van der Waals surface area contributed by atoms with Crippen LogP contribution in [0.5, 0.6) is 0 Å². The van der Waals surface area contributed by atoms with Crippen molar-refractivity contribution in [3.63, 3.8) is 0 Å². The lowest BCUT2D eigenvalue weighted by Crippen LogP contribution is -2.17. The smallest absolute Gasteiger partial charge is 0.263 e. The van der Waals surface area contributed by atoms with Crippen LogP contribution in [0.2, 0.25) is 5.02 Å². The Kier molecular flexibility index (Phi) is 7.96. The highest BCUT2D eigenvalue weighted by Gasteiger charge is 2.22. The van der Waals surface area contributed by atoms with Gasteiger partial charge in [-0.25, -0.2) is 16.8 Å². The summed E-state index contributed by atoms with van der Waals surface area (Å²) in [5, 5.41) is 4.28. The number of nitrogens with one attached hydrogen (secondary N) is 3. The molecule has 0 heterocycles. The number of carbonyl (C=O) groups is 1. The minimum Gasteiger partial charge on any atom is -0.322 e. The average Bonchev–Trinajstić information content (AvgIpc) is 2.95. The molecular weight excluding hydrogens is 594 g/mol. The third kappa shape index (κ3) is 6.25. The lowest BCUT2D eigenvalue weighted by atomic mass is 10.1. The third-order valence-electron chi connectivity index (χ3n) is 6.57. The number of fused-ring (bicyclic) bond motifs is 1. The zero-order valence-electron chi connectivity index (χ0n) is 22.6. The molecule has 0 bridgehead atoms. The van der Waals surface area contributed by atoms with Gasteiger partial charge < -0.3 is 5.32 Å². The molecule has 0 aromatic heterocycles. The van der Waals surface area contributed by atoms with Crippen LogP contribution in [0, 0.1) is 13.8 Å². The number of benzene rings is 5. The molecule has 0 atom stereocenters. The van der Waals surface area contributed by atoms with Gasteiger partial charge in [-0.3, -0.25) is 14.2 Å². The van der Waals surface area contributed by atoms with Gasteiger partial charge in [-0.15, -0.1) is 0 Å². The van der Waals surface area contributed by atoms with Gasteiger partial charge in [0.2, 0.25) is 0 Å². The molecule has 0 spiro atoms. The quantitative estimate of drug-likeness (QED) is 0.173. The zero-order chi connectivity index (χ0) is 30.1. The van der Waals surface area contributed by atoms with E-state index in [4.69, 9.17) is 11.6 Å². The Bertz CT molecular complexity index is 2040. The van der Waals surface area contributed by atoms with Crippen molar-refractivity contribution in [1.29, 1.82) is 0 Å². The number of carbonyl (C=O) groups excluding carboxylic acids is 1. The van der Waals surface area contributed by atoms with Gasteiger partial charge in [0.1, 0.15) is 4.90 Å². The fourth-order valence-electron chi connectivity index (χ4n) is 4.42. The summed E-state index contributed by atoms with van der Waals surface area (Å²) in [5.41, 5.74) is 2.94. The van der Waals surface area contributed by atoms with E-state index in [1.807, 2.05) is 43.3 Å². The van der Waals surface area contributed by atoms with Gasteiger partial charge >= 0.3 is 0 Å². The average molecular weight is 620 g/mol. The van der Waals surface area contributed by atoms with Crippen LogP contribution in [-0.2, 0) is 20.0 Å². The third-order valence-corrected chi connectivity index (χ3v) is 9.79. The molecule has 5 rings (SSSR count). The fourth-order valence-corrected chi connectivity index (χ4v) is 7.15. The molecule has 0 fully saturated rings. The summed E-state index contributed by atoms with van der Waals surface area (Å²) in [7, 11) is -8.02. The molecule has 0 saturated carbocycles. The minimum atomic E-state index is -4.11. The van der Waals surface area contributed by atoms with E-state index in [2.05, 4.69) is 14.8 Å². The Hall–Kier alpha value is -4.38. The van der Waals surface area contributed by atoms with Gasteiger partial charge in [-0.1, -0.05) is 65.7 Å². The van der Waals surface area contributed by atoms with E-state index in [1.54, 1.807) is 31.2 Å². The van der Waals surface area contributed by atoms with Gasteiger partial charge in [-0.2, -0.15) is 0 Å². The molecule has 5 aromatic rings. The van der Waals surface area contributed by atoms with Crippen LogP contribution < -0.4 is 14.8 Å². The summed E-state index contributed by atoms with van der Waals surface area (Å²) < 4.78 is 57.5. The molecule has 5 aromatic carbocycles. The predicted molar refractivity (Wildman–Crippen MR) is 167 cm³/mol. The molecule has 0 aliphatic rings. The van der Waals surface area contributed by atoms with E-state index in [0.717, 1.165) is 21.9 Å². The van der Waals surface area contributed by atoms with Crippen LogP contribution in [0.4, 0.5) is 17.1 Å². The molecule has 214 valence electrons. The first-order chi connectivity index (χ1) is 19.9. The van der Waals surface area contributed by atoms with E-state index in [9.17, 15) is 21.6 Å². The van der Waals surface area contributed by atoms with Crippen LogP contribution in [-0.4, -0.2) is 22.7 Å². The summed E-state index contributed by atoms with van der Waals surface area (Å²) in [6.07, 6.45) is 0. The van der Waals surface area contributed by atoms with Crippen molar-refractivity contribution in [2.24, 2.45) is 0 Å². The van der Waals surface area contributed by atoms with Crippen molar-refractivity contribution in [3.8, 4) is 0 Å². The number of halogens is 1. The molecule has 1 amide bonds. The normalized spacial score (nSPS) is 11.7. The molecule has 42 heavy (non-hydrogen) atoms. The molecule has 3 N–H and O–H groups in total. The Morgan fingerprint density at radius 2 is 1.38 bits per heavy atom. The second kappa shape index (κ2) is 11.5. The highest BCUT2D eigenvalue weighted by molar-refractivity contribution is 7.93. The van der Waals surface area contributed by atoms with Gasteiger partial charge in [-0.05, 0) is 79.4 Å². The number of anilines is 3. The van der Waals surface area contributed by atoms with Gasteiger partial charge in [0.05, 0.1) is 21.3 Å². The Balaban J connectivity index is 1.32. The largest absolute Gasteiger partial charge is 0.322 e. The summed E-state index contributed by atoms with van der Waals surface area (Å²) in [6.45, 7) is 3.69. The van der Waals surface area contributed by atoms with Gasteiger partial charge in [0.15, 0.2) is 0 Å². The first kappa shape index (κ1) is 29.1. The number of aryl methyl sites for hydroxylation is 2. The van der Waals surface area contributed by atoms with Crippen molar-refractivity contribution in [2.75, 3.05) is 14.8 Å². The first-order valence-electron chi connectivity index (χ1n) is 12.7. The SMILES string of the molecule is Cc1ccc(NS(=O)(=O)c2cc(C(=O)Nc3ccc(S(=O)(=O)Nc4cccc5ccccc45)cc3)ccc2Cl)c(C)c1. The lowest BCUT2D eigenvalue weighted by Gasteiger charge is -2.14. The Morgan fingerprint density at radius 3 is 2.12 bits per heavy atom. The standard InChI is InChI=1S/C31H26ClN3O5S2/c1-20-10-17-28(21(2)18-20)34-42(39,40)30-19-23(11-16-27(30)32)31(36)33-24-12-14-25(15-13-24)41(37,38)35-29-9-5-7-22-6-3-4-8-26(22)29/h3-19,34-35H,1-2H3,(H,33,36). The number of hydrogen-bond acceptors (Lipinski definition) is 5. The summed E-state index contributed by atoms with van der Waals surface area (Å²) in [6, 6.07) is 27.6. The van der Waals surface area contributed by atoms with Gasteiger partial charge in [0.25, 0.3) is 26.0 Å². The zero-order valence-corrected chi connectivity index (χ0v) is 24.9. The van der Waals surface area contributed by atoms with Crippen LogP contribution in [0.25, 0.3) is 10.8 Å². The minimum absolute atomic E-state index is 0.00535. The Labute approximate surface area is 249 Å². The molecule has 0 aliphatic heterocycles. The van der Waals surface area contributed by atoms with Crippen LogP contribution in [0.1, 0.15) is 21.5 Å². The molecular formula is C31H26ClN3O5S2. The summed E-state index contributed by atoms with van der Waals surface area (Å²) in [5.74, 6) is -0.598. The molecule has 0 unspecified atom stereocenters. The second-order valence-corrected chi connectivity index (χ2v) is 13.4. The number of hydrogen-bond donors (Lipinski definition) is 3. The van der Waals surface area contributed by atoms with Crippen LogP contribution in [0.3, 0.4) is 0 Å². The highest BCUT2D eigenvalue weighted by atomic mass is 35.5. The van der Waals surface area contributed by atoms with Crippen molar-refractivity contribution in [2.45, 2.75) is 23.6 Å². The highest BCUT2D eigenvalue weighted by Crippen LogP contribution is 2.28. The van der Waals surface area contributed by atoms with Crippen molar-refractivity contribution < 1.29 is 21.6 Å². The van der Waals surface area contributed by atoms with Crippen LogP contribution in [0.15, 0.2) is 113 Å².